The fourth-order valence-electron chi connectivity index (χ4n) is 10.5. The Morgan fingerprint density at radius 3 is 2.25 bits per heavy atom. The lowest BCUT2D eigenvalue weighted by Crippen LogP contribution is -2.69. The molecule has 4 saturated carbocycles. The fourth-order valence-corrected chi connectivity index (χ4v) is 10.5. The SMILES string of the molecule is C[C@@H]1CC[C@]2(C(=O)O)CC[C@]3(C)C(=CC(=O)[C@@H]4[C@@]5(C)CCC(=O)[C@@](C)(CO)[C@@H]5CC[C@]43C)[C@@H]2[C@]1(C)O. The van der Waals surface area contributed by atoms with E-state index in [1.807, 2.05) is 13.8 Å². The monoisotopic (exact) mass is 500 g/mol. The van der Waals surface area contributed by atoms with Gasteiger partial charge in [0.15, 0.2) is 5.78 Å². The molecule has 0 saturated heterocycles. The molecule has 0 radical (unpaired) electrons. The zero-order chi connectivity index (χ0) is 26.7. The molecule has 5 rings (SSSR count). The van der Waals surface area contributed by atoms with E-state index in [-0.39, 0.29) is 35.9 Å². The Morgan fingerprint density at radius 1 is 0.972 bits per heavy atom. The Bertz CT molecular complexity index is 1060. The van der Waals surface area contributed by atoms with E-state index in [0.717, 1.165) is 18.4 Å². The first-order valence-electron chi connectivity index (χ1n) is 13.9. The number of ketones is 2. The van der Waals surface area contributed by atoms with Gasteiger partial charge in [0.05, 0.1) is 23.0 Å². The summed E-state index contributed by atoms with van der Waals surface area (Å²) in [5, 5.41) is 32.7. The number of Topliss-reactive ketones (excluding diaryl/α,β-unsaturated/α-hetero) is 1. The molecule has 0 aromatic heterocycles. The van der Waals surface area contributed by atoms with E-state index < -0.39 is 44.6 Å². The van der Waals surface area contributed by atoms with Crippen LogP contribution >= 0.6 is 0 Å². The number of fused-ring (bicyclic) bond motifs is 7. The van der Waals surface area contributed by atoms with Gasteiger partial charge in [0.1, 0.15) is 5.78 Å². The molecule has 0 aliphatic heterocycles. The summed E-state index contributed by atoms with van der Waals surface area (Å²) >= 11 is 0. The first kappa shape index (κ1) is 26.1. The van der Waals surface area contributed by atoms with Gasteiger partial charge in [0.25, 0.3) is 0 Å². The molecule has 0 amide bonds. The molecule has 0 spiro atoms. The molecule has 10 atom stereocenters. The third-order valence-electron chi connectivity index (χ3n) is 13.1. The molecule has 0 bridgehead atoms. The first-order valence-corrected chi connectivity index (χ1v) is 13.9. The maximum atomic E-state index is 14.3. The third kappa shape index (κ3) is 2.78. The minimum atomic E-state index is -1.22. The van der Waals surface area contributed by atoms with Crippen LogP contribution in [0.25, 0.3) is 0 Å². The summed E-state index contributed by atoms with van der Waals surface area (Å²) in [6, 6.07) is 0. The highest BCUT2D eigenvalue weighted by Crippen LogP contribution is 2.75. The lowest BCUT2D eigenvalue weighted by atomic mass is 9.33. The quantitative estimate of drug-likeness (QED) is 0.512. The second-order valence-corrected chi connectivity index (χ2v) is 14.3. The Morgan fingerprint density at radius 2 is 1.64 bits per heavy atom. The Balaban J connectivity index is 1.69. The van der Waals surface area contributed by atoms with Crippen molar-refractivity contribution in [1.82, 2.24) is 0 Å². The van der Waals surface area contributed by atoms with Gasteiger partial charge in [0.2, 0.25) is 0 Å². The molecule has 5 aliphatic rings. The van der Waals surface area contributed by atoms with Crippen molar-refractivity contribution in [3.63, 3.8) is 0 Å². The highest BCUT2D eigenvalue weighted by molar-refractivity contribution is 5.97. The second-order valence-electron chi connectivity index (χ2n) is 14.3. The molecule has 6 nitrogen and oxygen atoms in total. The molecule has 5 aliphatic carbocycles. The number of carbonyl (C=O) groups is 3. The van der Waals surface area contributed by atoms with E-state index in [2.05, 4.69) is 20.8 Å². The van der Waals surface area contributed by atoms with Gasteiger partial charge in [0, 0.05) is 18.3 Å². The number of hydrogen-bond acceptors (Lipinski definition) is 5. The van der Waals surface area contributed by atoms with Gasteiger partial charge < -0.3 is 15.3 Å². The summed E-state index contributed by atoms with van der Waals surface area (Å²) in [6.45, 7) is 12.0. The molecule has 0 heterocycles. The van der Waals surface area contributed by atoms with Crippen LogP contribution in [0, 0.1) is 50.7 Å². The van der Waals surface area contributed by atoms with Crippen molar-refractivity contribution < 1.29 is 29.7 Å². The predicted octanol–water partition coefficient (Wildman–Crippen LogP) is 4.56. The molecule has 36 heavy (non-hydrogen) atoms. The zero-order valence-corrected chi connectivity index (χ0v) is 22.8. The van der Waals surface area contributed by atoms with Crippen molar-refractivity contribution >= 4 is 17.5 Å². The summed E-state index contributed by atoms with van der Waals surface area (Å²) in [5.74, 6) is -1.80. The van der Waals surface area contributed by atoms with Crippen LogP contribution < -0.4 is 0 Å². The van der Waals surface area contributed by atoms with Gasteiger partial charge in [-0.05, 0) is 86.0 Å². The number of aliphatic carboxylic acids is 1. The maximum Gasteiger partial charge on any atom is 0.310 e. The number of hydrogen-bond donors (Lipinski definition) is 3. The van der Waals surface area contributed by atoms with Crippen LogP contribution in [-0.4, -0.2) is 45.1 Å². The van der Waals surface area contributed by atoms with Gasteiger partial charge in [-0.1, -0.05) is 40.2 Å². The van der Waals surface area contributed by atoms with E-state index in [1.54, 1.807) is 13.0 Å². The molecule has 0 aromatic carbocycles. The molecular formula is C30H44O6. The lowest BCUT2D eigenvalue weighted by molar-refractivity contribution is -0.208. The molecule has 3 N–H and O–H groups in total. The number of allylic oxidation sites excluding steroid dienone is 1. The largest absolute Gasteiger partial charge is 0.481 e. The maximum absolute atomic E-state index is 14.3. The summed E-state index contributed by atoms with van der Waals surface area (Å²) in [4.78, 5) is 40.1. The van der Waals surface area contributed by atoms with Crippen LogP contribution in [0.4, 0.5) is 0 Å². The normalized spacial score (nSPS) is 54.5. The van der Waals surface area contributed by atoms with Gasteiger partial charge in [-0.25, -0.2) is 0 Å². The molecule has 4 fully saturated rings. The van der Waals surface area contributed by atoms with Gasteiger partial charge >= 0.3 is 5.97 Å². The smallest absolute Gasteiger partial charge is 0.310 e. The van der Waals surface area contributed by atoms with Gasteiger partial charge in [-0.3, -0.25) is 14.4 Å². The molecule has 0 aromatic rings. The zero-order valence-electron chi connectivity index (χ0n) is 22.8. The van der Waals surface area contributed by atoms with Crippen LogP contribution in [0.2, 0.25) is 0 Å². The van der Waals surface area contributed by atoms with Crippen molar-refractivity contribution in [1.29, 1.82) is 0 Å². The van der Waals surface area contributed by atoms with Crippen molar-refractivity contribution in [3.8, 4) is 0 Å². The lowest BCUT2D eigenvalue weighted by Gasteiger charge is -2.70. The molecule has 0 unspecified atom stereocenters. The van der Waals surface area contributed by atoms with E-state index in [4.69, 9.17) is 0 Å². The number of aliphatic hydroxyl groups is 2. The van der Waals surface area contributed by atoms with Crippen LogP contribution in [0.3, 0.4) is 0 Å². The topological polar surface area (TPSA) is 112 Å². The van der Waals surface area contributed by atoms with Crippen molar-refractivity contribution in [3.05, 3.63) is 11.6 Å². The summed E-state index contributed by atoms with van der Waals surface area (Å²) in [7, 11) is 0. The van der Waals surface area contributed by atoms with E-state index in [0.29, 0.717) is 38.5 Å². The Hall–Kier alpha value is -1.53. The van der Waals surface area contributed by atoms with E-state index >= 15 is 0 Å². The average Bonchev–Trinajstić information content (AvgIpc) is 2.80. The summed E-state index contributed by atoms with van der Waals surface area (Å²) in [6.07, 6.45) is 6.57. The summed E-state index contributed by atoms with van der Waals surface area (Å²) < 4.78 is 0. The first-order chi connectivity index (χ1) is 16.6. The van der Waals surface area contributed by atoms with Crippen LogP contribution in [-0.2, 0) is 14.4 Å². The fraction of sp³-hybridized carbons (Fsp3) is 0.833. The molecular weight excluding hydrogens is 456 g/mol. The Labute approximate surface area is 214 Å². The van der Waals surface area contributed by atoms with Crippen molar-refractivity contribution in [2.45, 2.75) is 98.5 Å². The van der Waals surface area contributed by atoms with Gasteiger partial charge in [-0.15, -0.1) is 0 Å². The number of rotatable bonds is 2. The van der Waals surface area contributed by atoms with Gasteiger partial charge in [-0.2, -0.15) is 0 Å². The standard InChI is InChI=1S/C30H44O6/c1-17-7-12-30(24(34)35)14-13-27(4)18(22(30)29(17,6)36)15-19(32)23-25(2)10-9-21(33)26(3,16-31)20(25)8-11-28(23,27)5/h15,17,20,22-23,31,36H,7-14,16H2,1-6H3,(H,34,35)/t17-,20-,22-,23-,25+,26+,27-,28-,29-,30+/m1/s1. The van der Waals surface area contributed by atoms with Crippen LogP contribution in [0.1, 0.15) is 92.9 Å². The molecule has 6 heteroatoms. The Kier molecular flexibility index (Phi) is 5.46. The minimum Gasteiger partial charge on any atom is -0.481 e. The third-order valence-corrected chi connectivity index (χ3v) is 13.1. The minimum absolute atomic E-state index is 0.0158. The molecule has 200 valence electrons. The van der Waals surface area contributed by atoms with Crippen molar-refractivity contribution in [2.24, 2.45) is 50.7 Å². The van der Waals surface area contributed by atoms with Crippen molar-refractivity contribution in [2.75, 3.05) is 6.61 Å². The second kappa shape index (κ2) is 7.53. The summed E-state index contributed by atoms with van der Waals surface area (Å²) in [5.41, 5.74) is -3.55. The number of carboxylic acid groups (broad SMARTS) is 1. The number of carbonyl (C=O) groups excluding carboxylic acids is 2. The average molecular weight is 501 g/mol. The van der Waals surface area contributed by atoms with Crippen LogP contribution in [0.5, 0.6) is 0 Å². The number of aliphatic hydroxyl groups excluding tert-OH is 1. The van der Waals surface area contributed by atoms with E-state index in [1.165, 1.54) is 0 Å². The van der Waals surface area contributed by atoms with E-state index in [9.17, 15) is 29.7 Å². The highest BCUT2D eigenvalue weighted by atomic mass is 16.4. The number of carboxylic acids is 1. The van der Waals surface area contributed by atoms with Crippen LogP contribution in [0.15, 0.2) is 11.6 Å². The highest BCUT2D eigenvalue weighted by Gasteiger charge is 2.73. The predicted molar refractivity (Wildman–Crippen MR) is 135 cm³/mol.